The monoisotopic (exact) mass is 243 g/mol. The minimum Gasteiger partial charge on any atom is -0.493 e. The summed E-state index contributed by atoms with van der Waals surface area (Å²) in [5.74, 6) is 2.18. The van der Waals surface area contributed by atoms with E-state index in [0.29, 0.717) is 5.75 Å². The largest absolute Gasteiger partial charge is 0.493 e. The van der Waals surface area contributed by atoms with Crippen molar-refractivity contribution in [3.05, 3.63) is 47.5 Å². The van der Waals surface area contributed by atoms with Gasteiger partial charge in [-0.15, -0.1) is 0 Å². The molecule has 0 radical (unpaired) electrons. The molecule has 3 heteroatoms. The van der Waals surface area contributed by atoms with Crippen molar-refractivity contribution in [1.82, 2.24) is 0 Å². The molecule has 3 nitrogen and oxygen atoms in total. The fourth-order valence-corrected chi connectivity index (χ4v) is 1.70. The average molecular weight is 243 g/mol. The highest BCUT2D eigenvalue weighted by Gasteiger charge is 2.06. The second-order valence-corrected chi connectivity index (χ2v) is 4.27. The molecule has 0 heterocycles. The summed E-state index contributed by atoms with van der Waals surface area (Å²) in [6.45, 7) is 3.97. The fourth-order valence-electron chi connectivity index (χ4n) is 1.70. The van der Waals surface area contributed by atoms with Crippen molar-refractivity contribution >= 4 is 5.69 Å². The molecule has 0 atom stereocenters. The van der Waals surface area contributed by atoms with E-state index in [1.54, 1.807) is 7.11 Å². The number of aryl methyl sites for hydroxylation is 2. The second kappa shape index (κ2) is 5.00. The molecule has 2 aromatic carbocycles. The molecule has 0 aliphatic heterocycles. The Hall–Kier alpha value is -2.16. The molecular weight excluding hydrogens is 226 g/mol. The smallest absolute Gasteiger partial charge is 0.169 e. The highest BCUT2D eigenvalue weighted by atomic mass is 16.5. The number of anilines is 1. The SMILES string of the molecule is COc1cc(C)ccc1Oc1ccc(N)c(C)c1. The first-order chi connectivity index (χ1) is 8.60. The average Bonchev–Trinajstić information content (AvgIpc) is 2.36. The van der Waals surface area contributed by atoms with Crippen molar-refractivity contribution < 1.29 is 9.47 Å². The second-order valence-electron chi connectivity index (χ2n) is 4.27. The number of benzene rings is 2. The Kier molecular flexibility index (Phi) is 3.42. The number of hydrogen-bond donors (Lipinski definition) is 1. The van der Waals surface area contributed by atoms with Crippen LogP contribution < -0.4 is 15.2 Å². The molecule has 0 amide bonds. The summed E-state index contributed by atoms with van der Waals surface area (Å²) in [6, 6.07) is 11.4. The van der Waals surface area contributed by atoms with E-state index in [0.717, 1.165) is 28.3 Å². The first kappa shape index (κ1) is 12.3. The van der Waals surface area contributed by atoms with Gasteiger partial charge in [-0.3, -0.25) is 0 Å². The van der Waals surface area contributed by atoms with Crippen LogP contribution in [0, 0.1) is 13.8 Å². The molecule has 0 aliphatic rings. The first-order valence-electron chi connectivity index (χ1n) is 5.79. The topological polar surface area (TPSA) is 44.5 Å². The molecule has 18 heavy (non-hydrogen) atoms. The van der Waals surface area contributed by atoms with Crippen LogP contribution in [0.5, 0.6) is 17.2 Å². The third-order valence-corrected chi connectivity index (χ3v) is 2.79. The molecule has 0 unspecified atom stereocenters. The lowest BCUT2D eigenvalue weighted by Gasteiger charge is -2.12. The molecule has 94 valence electrons. The Bertz CT molecular complexity index is 564. The van der Waals surface area contributed by atoms with Crippen molar-refractivity contribution in [2.75, 3.05) is 12.8 Å². The van der Waals surface area contributed by atoms with E-state index < -0.39 is 0 Å². The van der Waals surface area contributed by atoms with Gasteiger partial charge in [0, 0.05) is 5.69 Å². The van der Waals surface area contributed by atoms with Gasteiger partial charge in [-0.05, 0) is 55.3 Å². The van der Waals surface area contributed by atoms with Crippen LogP contribution in [0.3, 0.4) is 0 Å². The van der Waals surface area contributed by atoms with Gasteiger partial charge >= 0.3 is 0 Å². The van der Waals surface area contributed by atoms with Crippen LogP contribution >= 0.6 is 0 Å². The van der Waals surface area contributed by atoms with Crippen LogP contribution in [0.25, 0.3) is 0 Å². The Morgan fingerprint density at radius 3 is 2.39 bits per heavy atom. The molecule has 0 bridgehead atoms. The van der Waals surface area contributed by atoms with E-state index in [1.165, 1.54) is 0 Å². The Labute approximate surface area is 107 Å². The maximum atomic E-state index is 5.81. The summed E-state index contributed by atoms with van der Waals surface area (Å²) in [7, 11) is 1.63. The number of methoxy groups -OCH3 is 1. The predicted octanol–water partition coefficient (Wildman–Crippen LogP) is 3.69. The molecule has 0 saturated carbocycles. The van der Waals surface area contributed by atoms with Crippen LogP contribution in [-0.4, -0.2) is 7.11 Å². The van der Waals surface area contributed by atoms with Gasteiger partial charge in [0.05, 0.1) is 7.11 Å². The lowest BCUT2D eigenvalue weighted by molar-refractivity contribution is 0.378. The van der Waals surface area contributed by atoms with Crippen molar-refractivity contribution in [2.45, 2.75) is 13.8 Å². The number of hydrogen-bond acceptors (Lipinski definition) is 3. The van der Waals surface area contributed by atoms with Crippen LogP contribution in [0.15, 0.2) is 36.4 Å². The van der Waals surface area contributed by atoms with Crippen molar-refractivity contribution in [3.63, 3.8) is 0 Å². The number of nitrogen functional groups attached to an aromatic ring is 1. The number of rotatable bonds is 3. The molecule has 0 fully saturated rings. The minimum absolute atomic E-state index is 0.701. The minimum atomic E-state index is 0.701. The van der Waals surface area contributed by atoms with Crippen LogP contribution in [0.4, 0.5) is 5.69 Å². The van der Waals surface area contributed by atoms with Gasteiger partial charge in [-0.2, -0.15) is 0 Å². The summed E-state index contributed by atoms with van der Waals surface area (Å²) in [5.41, 5.74) is 8.67. The standard InChI is InChI=1S/C15H17NO2/c1-10-4-7-14(15(8-10)17-3)18-12-5-6-13(16)11(2)9-12/h4-9H,16H2,1-3H3. The quantitative estimate of drug-likeness (QED) is 0.836. The molecule has 2 N–H and O–H groups in total. The molecule has 2 rings (SSSR count). The maximum Gasteiger partial charge on any atom is 0.169 e. The predicted molar refractivity (Wildman–Crippen MR) is 73.4 cm³/mol. The van der Waals surface area contributed by atoms with Gasteiger partial charge in [-0.1, -0.05) is 6.07 Å². The van der Waals surface area contributed by atoms with Gasteiger partial charge in [0.2, 0.25) is 0 Å². The zero-order valence-electron chi connectivity index (χ0n) is 10.9. The molecular formula is C15H17NO2. The third kappa shape index (κ3) is 2.56. The summed E-state index contributed by atoms with van der Waals surface area (Å²) in [5, 5.41) is 0. The van der Waals surface area contributed by atoms with E-state index in [2.05, 4.69) is 0 Å². The highest BCUT2D eigenvalue weighted by Crippen LogP contribution is 2.33. The Balaban J connectivity index is 2.30. The van der Waals surface area contributed by atoms with E-state index in [1.807, 2.05) is 50.2 Å². The Morgan fingerprint density at radius 2 is 1.72 bits per heavy atom. The summed E-state index contributed by atoms with van der Waals surface area (Å²) in [6.07, 6.45) is 0. The molecule has 0 aliphatic carbocycles. The molecule has 0 spiro atoms. The van der Waals surface area contributed by atoms with Crippen molar-refractivity contribution in [3.8, 4) is 17.2 Å². The summed E-state index contributed by atoms with van der Waals surface area (Å²) in [4.78, 5) is 0. The number of ether oxygens (including phenoxy) is 2. The zero-order chi connectivity index (χ0) is 13.1. The van der Waals surface area contributed by atoms with E-state index in [-0.39, 0.29) is 0 Å². The summed E-state index contributed by atoms with van der Waals surface area (Å²) >= 11 is 0. The van der Waals surface area contributed by atoms with Gasteiger partial charge in [0.25, 0.3) is 0 Å². The van der Waals surface area contributed by atoms with E-state index >= 15 is 0 Å². The van der Waals surface area contributed by atoms with E-state index in [9.17, 15) is 0 Å². The lowest BCUT2D eigenvalue weighted by atomic mass is 10.2. The van der Waals surface area contributed by atoms with Gasteiger partial charge < -0.3 is 15.2 Å². The highest BCUT2D eigenvalue weighted by molar-refractivity contribution is 5.51. The lowest BCUT2D eigenvalue weighted by Crippen LogP contribution is -1.93. The normalized spacial score (nSPS) is 10.2. The van der Waals surface area contributed by atoms with Crippen molar-refractivity contribution in [2.24, 2.45) is 0 Å². The third-order valence-electron chi connectivity index (χ3n) is 2.79. The molecule has 0 saturated heterocycles. The van der Waals surface area contributed by atoms with Gasteiger partial charge in [0.15, 0.2) is 11.5 Å². The molecule has 0 aromatic heterocycles. The summed E-state index contributed by atoms with van der Waals surface area (Å²) < 4.78 is 11.1. The molecule has 2 aromatic rings. The number of nitrogens with two attached hydrogens (primary N) is 1. The van der Waals surface area contributed by atoms with Crippen LogP contribution in [-0.2, 0) is 0 Å². The van der Waals surface area contributed by atoms with Crippen LogP contribution in [0.1, 0.15) is 11.1 Å². The Morgan fingerprint density at radius 1 is 0.944 bits per heavy atom. The maximum absolute atomic E-state index is 5.81. The van der Waals surface area contributed by atoms with Gasteiger partial charge in [-0.25, -0.2) is 0 Å². The van der Waals surface area contributed by atoms with E-state index in [4.69, 9.17) is 15.2 Å². The van der Waals surface area contributed by atoms with Gasteiger partial charge in [0.1, 0.15) is 5.75 Å². The van der Waals surface area contributed by atoms with Crippen molar-refractivity contribution in [1.29, 1.82) is 0 Å². The fraction of sp³-hybridized carbons (Fsp3) is 0.200. The zero-order valence-corrected chi connectivity index (χ0v) is 10.9. The first-order valence-corrected chi connectivity index (χ1v) is 5.79. The van der Waals surface area contributed by atoms with Crippen LogP contribution in [0.2, 0.25) is 0 Å².